The lowest BCUT2D eigenvalue weighted by molar-refractivity contribution is 0.0696. The van der Waals surface area contributed by atoms with E-state index in [1.54, 1.807) is 12.4 Å². The second-order valence-electron chi connectivity index (χ2n) is 2.95. The number of furan rings is 1. The number of nitrogens with zero attached hydrogens (tertiary/aromatic N) is 1. The van der Waals surface area contributed by atoms with Crippen LogP contribution in [0, 0.1) is 0 Å². The van der Waals surface area contributed by atoms with E-state index in [4.69, 9.17) is 9.52 Å². The minimum atomic E-state index is -0.992. The molecule has 0 fully saturated rings. The van der Waals surface area contributed by atoms with Gasteiger partial charge in [0.05, 0.1) is 24.0 Å². The molecule has 0 saturated heterocycles. The number of rotatable bonds is 4. The van der Waals surface area contributed by atoms with Crippen LogP contribution in [0.5, 0.6) is 0 Å². The van der Waals surface area contributed by atoms with E-state index in [9.17, 15) is 4.79 Å². The van der Waals surface area contributed by atoms with Crippen molar-refractivity contribution in [1.29, 1.82) is 0 Å². The van der Waals surface area contributed by atoms with E-state index < -0.39 is 5.97 Å². The minimum Gasteiger partial charge on any atom is -0.478 e. The summed E-state index contributed by atoms with van der Waals surface area (Å²) < 4.78 is 5.05. The molecule has 0 atom stereocenters. The zero-order valence-electron chi connectivity index (χ0n) is 7.73. The summed E-state index contributed by atoms with van der Waals surface area (Å²) in [7, 11) is 0. The number of carboxylic acids is 1. The van der Waals surface area contributed by atoms with E-state index >= 15 is 0 Å². The van der Waals surface area contributed by atoms with Crippen LogP contribution < -0.4 is 5.32 Å². The molecule has 0 aliphatic rings. The van der Waals surface area contributed by atoms with Crippen molar-refractivity contribution >= 4 is 11.7 Å². The lowest BCUT2D eigenvalue weighted by Gasteiger charge is -1.98. The number of aromatic nitrogens is 2. The summed E-state index contributed by atoms with van der Waals surface area (Å²) in [5.41, 5.74) is 0.974. The molecular weight excluding hydrogens is 198 g/mol. The minimum absolute atomic E-state index is 0.152. The first-order chi connectivity index (χ1) is 7.25. The average Bonchev–Trinajstić information content (AvgIpc) is 2.86. The summed E-state index contributed by atoms with van der Waals surface area (Å²) >= 11 is 0. The van der Waals surface area contributed by atoms with Crippen LogP contribution in [0.1, 0.15) is 16.1 Å². The summed E-state index contributed by atoms with van der Waals surface area (Å²) in [4.78, 5) is 10.6. The molecule has 15 heavy (non-hydrogen) atoms. The Morgan fingerprint density at radius 1 is 1.67 bits per heavy atom. The molecule has 0 aromatic carbocycles. The highest BCUT2D eigenvalue weighted by molar-refractivity contribution is 5.87. The Balaban J connectivity index is 1.96. The summed E-state index contributed by atoms with van der Waals surface area (Å²) in [6.07, 6.45) is 4.54. The molecule has 0 spiro atoms. The third kappa shape index (κ3) is 2.16. The Labute approximate surface area is 84.9 Å². The molecule has 2 aromatic heterocycles. The van der Waals surface area contributed by atoms with Crippen molar-refractivity contribution in [1.82, 2.24) is 10.2 Å². The molecule has 0 amide bonds. The maximum Gasteiger partial charge on any atom is 0.338 e. The molecule has 0 unspecified atom stereocenters. The Morgan fingerprint density at radius 2 is 2.53 bits per heavy atom. The molecule has 0 radical (unpaired) electrons. The number of carbonyl (C=O) groups is 1. The smallest absolute Gasteiger partial charge is 0.338 e. The van der Waals surface area contributed by atoms with Crippen LogP contribution in [-0.4, -0.2) is 21.3 Å². The Kier molecular flexibility index (Phi) is 2.40. The molecular formula is C9H9N3O3. The second-order valence-corrected chi connectivity index (χ2v) is 2.95. The van der Waals surface area contributed by atoms with Gasteiger partial charge in [0.2, 0.25) is 0 Å². The number of aromatic carboxylic acids is 1. The van der Waals surface area contributed by atoms with Gasteiger partial charge in [-0.2, -0.15) is 5.10 Å². The van der Waals surface area contributed by atoms with Gasteiger partial charge in [-0.25, -0.2) is 4.79 Å². The van der Waals surface area contributed by atoms with E-state index in [2.05, 4.69) is 15.5 Å². The van der Waals surface area contributed by atoms with Crippen molar-refractivity contribution in [2.24, 2.45) is 0 Å². The van der Waals surface area contributed by atoms with Gasteiger partial charge in [-0.3, -0.25) is 5.10 Å². The van der Waals surface area contributed by atoms with Crippen molar-refractivity contribution in [2.45, 2.75) is 6.54 Å². The molecule has 2 heterocycles. The first-order valence-corrected chi connectivity index (χ1v) is 4.29. The highest BCUT2D eigenvalue weighted by Crippen LogP contribution is 2.10. The molecule has 6 nitrogen and oxygen atoms in total. The predicted molar refractivity (Wildman–Crippen MR) is 51.6 cm³/mol. The van der Waals surface area contributed by atoms with Crippen LogP contribution in [0.15, 0.2) is 29.1 Å². The normalized spacial score (nSPS) is 10.1. The molecule has 78 valence electrons. The highest BCUT2D eigenvalue weighted by Gasteiger charge is 2.07. The van der Waals surface area contributed by atoms with Gasteiger partial charge in [0.15, 0.2) is 0 Å². The van der Waals surface area contributed by atoms with Crippen LogP contribution >= 0.6 is 0 Å². The largest absolute Gasteiger partial charge is 0.478 e. The van der Waals surface area contributed by atoms with Crippen LogP contribution in [0.25, 0.3) is 0 Å². The maximum atomic E-state index is 10.6. The SMILES string of the molecule is O=C(O)c1coc(CNc2cn[nH]c2)c1. The number of aromatic amines is 1. The van der Waals surface area contributed by atoms with E-state index in [1.165, 1.54) is 12.3 Å². The molecule has 2 rings (SSSR count). The molecule has 3 N–H and O–H groups in total. The number of anilines is 1. The zero-order valence-corrected chi connectivity index (χ0v) is 7.73. The maximum absolute atomic E-state index is 10.6. The van der Waals surface area contributed by atoms with E-state index in [0.717, 1.165) is 5.69 Å². The van der Waals surface area contributed by atoms with E-state index in [0.29, 0.717) is 12.3 Å². The van der Waals surface area contributed by atoms with Crippen molar-refractivity contribution < 1.29 is 14.3 Å². The van der Waals surface area contributed by atoms with Gasteiger partial charge < -0.3 is 14.8 Å². The number of hydrogen-bond donors (Lipinski definition) is 3. The van der Waals surface area contributed by atoms with E-state index in [-0.39, 0.29) is 5.56 Å². The third-order valence-corrected chi connectivity index (χ3v) is 1.87. The summed E-state index contributed by atoms with van der Waals surface area (Å²) in [6, 6.07) is 1.48. The van der Waals surface area contributed by atoms with Crippen molar-refractivity contribution in [3.63, 3.8) is 0 Å². The van der Waals surface area contributed by atoms with E-state index in [1.807, 2.05) is 0 Å². The quantitative estimate of drug-likeness (QED) is 0.703. The Bertz CT molecular complexity index is 447. The zero-order chi connectivity index (χ0) is 10.7. The molecule has 6 heteroatoms. The van der Waals surface area contributed by atoms with Gasteiger partial charge in [-0.15, -0.1) is 0 Å². The summed E-state index contributed by atoms with van der Waals surface area (Å²) in [5.74, 6) is -0.429. The van der Waals surface area contributed by atoms with Crippen LogP contribution in [-0.2, 0) is 6.54 Å². The standard InChI is InChI=1S/C9H9N3O3/c13-9(14)6-1-8(15-5-6)4-10-7-2-11-12-3-7/h1-3,5,10H,4H2,(H,11,12)(H,13,14). The van der Waals surface area contributed by atoms with Crippen molar-refractivity contribution in [3.05, 3.63) is 36.0 Å². The fourth-order valence-corrected chi connectivity index (χ4v) is 1.12. The molecule has 0 aliphatic heterocycles. The van der Waals surface area contributed by atoms with Crippen LogP contribution in [0.3, 0.4) is 0 Å². The molecule has 0 saturated carbocycles. The first kappa shape index (κ1) is 9.32. The second kappa shape index (κ2) is 3.87. The average molecular weight is 207 g/mol. The van der Waals surface area contributed by atoms with Crippen molar-refractivity contribution in [2.75, 3.05) is 5.32 Å². The Morgan fingerprint density at radius 3 is 3.13 bits per heavy atom. The van der Waals surface area contributed by atoms with Gasteiger partial charge in [0.1, 0.15) is 12.0 Å². The molecule has 0 bridgehead atoms. The summed E-state index contributed by atoms with van der Waals surface area (Å²) in [5, 5.41) is 18.1. The Hall–Kier alpha value is -2.24. The molecule has 2 aromatic rings. The number of hydrogen-bond acceptors (Lipinski definition) is 4. The fraction of sp³-hybridized carbons (Fsp3) is 0.111. The van der Waals surface area contributed by atoms with Gasteiger partial charge >= 0.3 is 5.97 Å². The van der Waals surface area contributed by atoms with Crippen LogP contribution in [0.4, 0.5) is 5.69 Å². The van der Waals surface area contributed by atoms with Gasteiger partial charge in [-0.1, -0.05) is 0 Å². The fourth-order valence-electron chi connectivity index (χ4n) is 1.12. The summed E-state index contributed by atoms with van der Waals surface area (Å²) in [6.45, 7) is 0.423. The van der Waals surface area contributed by atoms with Gasteiger partial charge in [0.25, 0.3) is 0 Å². The number of H-pyrrole nitrogens is 1. The number of carboxylic acid groups (broad SMARTS) is 1. The van der Waals surface area contributed by atoms with Gasteiger partial charge in [0, 0.05) is 6.20 Å². The predicted octanol–water partition coefficient (Wildman–Crippen LogP) is 1.31. The van der Waals surface area contributed by atoms with Crippen LogP contribution in [0.2, 0.25) is 0 Å². The van der Waals surface area contributed by atoms with Crippen molar-refractivity contribution in [3.8, 4) is 0 Å². The lowest BCUT2D eigenvalue weighted by atomic mass is 10.3. The highest BCUT2D eigenvalue weighted by atomic mass is 16.4. The number of nitrogens with one attached hydrogen (secondary N) is 2. The lowest BCUT2D eigenvalue weighted by Crippen LogP contribution is -1.97. The third-order valence-electron chi connectivity index (χ3n) is 1.87. The topological polar surface area (TPSA) is 91.2 Å². The molecule has 0 aliphatic carbocycles. The first-order valence-electron chi connectivity index (χ1n) is 4.29. The van der Waals surface area contributed by atoms with Gasteiger partial charge in [-0.05, 0) is 6.07 Å². The monoisotopic (exact) mass is 207 g/mol.